The van der Waals surface area contributed by atoms with Gasteiger partial charge in [0.25, 0.3) is 0 Å². The zero-order valence-corrected chi connectivity index (χ0v) is 12.6. The Morgan fingerprint density at radius 2 is 2.20 bits per heavy atom. The zero-order valence-electron chi connectivity index (χ0n) is 11.8. The molecule has 20 heavy (non-hydrogen) atoms. The van der Waals surface area contributed by atoms with Crippen LogP contribution in [0.25, 0.3) is 0 Å². The second kappa shape index (κ2) is 7.50. The fourth-order valence-corrected chi connectivity index (χ4v) is 2.60. The average Bonchev–Trinajstić information content (AvgIpc) is 2.41. The van der Waals surface area contributed by atoms with Crippen LogP contribution in [0.15, 0.2) is 18.2 Å². The summed E-state index contributed by atoms with van der Waals surface area (Å²) >= 11 is 0. The van der Waals surface area contributed by atoms with Crippen LogP contribution in [0.1, 0.15) is 38.2 Å². The van der Waals surface area contributed by atoms with E-state index in [0.717, 1.165) is 37.7 Å². The highest BCUT2D eigenvalue weighted by Gasteiger charge is 2.25. The lowest BCUT2D eigenvalue weighted by atomic mass is 9.85. The van der Waals surface area contributed by atoms with E-state index in [1.807, 2.05) is 19.1 Å². The Balaban J connectivity index is 0.00000200. The molecule has 1 fully saturated rings. The normalized spacial score (nSPS) is 21.9. The molecule has 0 aromatic heterocycles. The second-order valence-corrected chi connectivity index (χ2v) is 5.32. The number of hydrogen-bond acceptors (Lipinski definition) is 3. The van der Waals surface area contributed by atoms with Crippen molar-refractivity contribution in [1.82, 2.24) is 0 Å². The number of anilines is 1. The van der Waals surface area contributed by atoms with Crippen molar-refractivity contribution < 1.29 is 9.90 Å². The molecule has 1 aromatic rings. The molecule has 1 saturated carbocycles. The number of carbonyl (C=O) groups excluding carboxylic acids is 1. The molecule has 0 saturated heterocycles. The number of amides is 1. The fraction of sp³-hybridized carbons (Fsp3) is 0.533. The maximum absolute atomic E-state index is 12.2. The van der Waals surface area contributed by atoms with Crippen LogP contribution in [-0.2, 0) is 11.2 Å². The molecule has 2 rings (SSSR count). The van der Waals surface area contributed by atoms with Gasteiger partial charge in [-0.1, -0.05) is 19.4 Å². The van der Waals surface area contributed by atoms with Gasteiger partial charge in [-0.15, -0.1) is 12.4 Å². The smallest absolute Gasteiger partial charge is 0.227 e. The molecule has 0 bridgehead atoms. The van der Waals surface area contributed by atoms with Crippen molar-refractivity contribution in [3.05, 3.63) is 23.8 Å². The summed E-state index contributed by atoms with van der Waals surface area (Å²) in [5.74, 6) is 0.0535. The molecule has 0 aliphatic heterocycles. The Labute approximate surface area is 126 Å². The van der Waals surface area contributed by atoms with E-state index in [2.05, 4.69) is 5.32 Å². The molecule has 4 nitrogen and oxygen atoms in total. The Morgan fingerprint density at radius 3 is 2.85 bits per heavy atom. The summed E-state index contributed by atoms with van der Waals surface area (Å²) in [7, 11) is 0. The van der Waals surface area contributed by atoms with E-state index in [0.29, 0.717) is 5.69 Å². The van der Waals surface area contributed by atoms with E-state index < -0.39 is 0 Å². The number of hydrogen-bond donors (Lipinski definition) is 3. The standard InChI is InChI=1S/C15H22N2O2.ClH/c1-2-10-6-7-14(18)13(8-10)17-15(19)11-4-3-5-12(16)9-11;/h6-8,11-12,18H,2-5,9,16H2,1H3,(H,17,19);1H. The van der Waals surface area contributed by atoms with E-state index in [1.54, 1.807) is 6.07 Å². The fourth-order valence-electron chi connectivity index (χ4n) is 2.60. The van der Waals surface area contributed by atoms with Crippen molar-refractivity contribution in [2.75, 3.05) is 5.32 Å². The topological polar surface area (TPSA) is 75.3 Å². The number of aromatic hydroxyl groups is 1. The van der Waals surface area contributed by atoms with E-state index in [-0.39, 0.29) is 36.0 Å². The maximum Gasteiger partial charge on any atom is 0.227 e. The molecule has 0 spiro atoms. The van der Waals surface area contributed by atoms with Crippen LogP contribution in [0.3, 0.4) is 0 Å². The summed E-state index contributed by atoms with van der Waals surface area (Å²) in [5.41, 5.74) is 7.50. The number of phenolic OH excluding ortho intramolecular Hbond substituents is 1. The highest BCUT2D eigenvalue weighted by atomic mass is 35.5. The number of nitrogens with one attached hydrogen (secondary N) is 1. The minimum Gasteiger partial charge on any atom is -0.506 e. The molecule has 1 amide bonds. The molecule has 2 atom stereocenters. The minimum atomic E-state index is -0.0339. The van der Waals surface area contributed by atoms with Gasteiger partial charge in [-0.05, 0) is 43.4 Å². The van der Waals surface area contributed by atoms with Gasteiger partial charge in [0.05, 0.1) is 5.69 Å². The third-order valence-electron chi connectivity index (χ3n) is 3.81. The van der Waals surface area contributed by atoms with Crippen molar-refractivity contribution in [3.8, 4) is 5.75 Å². The Hall–Kier alpha value is -1.26. The van der Waals surface area contributed by atoms with Gasteiger partial charge in [0.15, 0.2) is 0 Å². The SMILES string of the molecule is CCc1ccc(O)c(NC(=O)C2CCCC(N)C2)c1.Cl. The summed E-state index contributed by atoms with van der Waals surface area (Å²) < 4.78 is 0. The third-order valence-corrected chi connectivity index (χ3v) is 3.81. The Kier molecular flexibility index (Phi) is 6.30. The summed E-state index contributed by atoms with van der Waals surface area (Å²) in [5, 5.41) is 12.6. The first-order valence-corrected chi connectivity index (χ1v) is 6.98. The monoisotopic (exact) mass is 298 g/mol. The molecule has 1 aromatic carbocycles. The molecule has 1 aliphatic rings. The van der Waals surface area contributed by atoms with Crippen LogP contribution < -0.4 is 11.1 Å². The van der Waals surface area contributed by atoms with Crippen LogP contribution in [-0.4, -0.2) is 17.1 Å². The van der Waals surface area contributed by atoms with Gasteiger partial charge in [0.1, 0.15) is 5.75 Å². The van der Waals surface area contributed by atoms with Crippen molar-refractivity contribution in [1.29, 1.82) is 0 Å². The summed E-state index contributed by atoms with van der Waals surface area (Å²) in [6, 6.07) is 5.44. The largest absolute Gasteiger partial charge is 0.506 e. The Morgan fingerprint density at radius 1 is 1.45 bits per heavy atom. The molecule has 112 valence electrons. The van der Waals surface area contributed by atoms with Crippen LogP contribution in [0.5, 0.6) is 5.75 Å². The van der Waals surface area contributed by atoms with Gasteiger partial charge in [-0.2, -0.15) is 0 Å². The van der Waals surface area contributed by atoms with Gasteiger partial charge >= 0.3 is 0 Å². The van der Waals surface area contributed by atoms with Gasteiger partial charge in [-0.25, -0.2) is 0 Å². The number of phenols is 1. The lowest BCUT2D eigenvalue weighted by Gasteiger charge is -2.25. The highest BCUT2D eigenvalue weighted by Crippen LogP contribution is 2.28. The first kappa shape index (κ1) is 16.8. The molecule has 1 aliphatic carbocycles. The maximum atomic E-state index is 12.2. The van der Waals surface area contributed by atoms with Crippen LogP contribution in [0, 0.1) is 5.92 Å². The molecular formula is C15H23ClN2O2. The lowest BCUT2D eigenvalue weighted by Crippen LogP contribution is -2.34. The van der Waals surface area contributed by atoms with Gasteiger partial charge in [-0.3, -0.25) is 4.79 Å². The highest BCUT2D eigenvalue weighted by molar-refractivity contribution is 5.94. The predicted molar refractivity (Wildman–Crippen MR) is 83.3 cm³/mol. The molecule has 4 N–H and O–H groups in total. The van der Waals surface area contributed by atoms with Gasteiger partial charge in [0, 0.05) is 12.0 Å². The zero-order chi connectivity index (χ0) is 13.8. The lowest BCUT2D eigenvalue weighted by molar-refractivity contribution is -0.120. The number of nitrogens with two attached hydrogens (primary N) is 1. The van der Waals surface area contributed by atoms with Crippen LogP contribution >= 0.6 is 12.4 Å². The van der Waals surface area contributed by atoms with E-state index in [1.165, 1.54) is 0 Å². The van der Waals surface area contributed by atoms with E-state index in [4.69, 9.17) is 5.73 Å². The van der Waals surface area contributed by atoms with Gasteiger partial charge in [0.2, 0.25) is 5.91 Å². The number of halogens is 1. The molecule has 0 radical (unpaired) electrons. The van der Waals surface area contributed by atoms with Crippen LogP contribution in [0.2, 0.25) is 0 Å². The van der Waals surface area contributed by atoms with E-state index >= 15 is 0 Å². The third kappa shape index (κ3) is 4.12. The molecule has 2 unspecified atom stereocenters. The number of benzene rings is 1. The van der Waals surface area contributed by atoms with Gasteiger partial charge < -0.3 is 16.2 Å². The second-order valence-electron chi connectivity index (χ2n) is 5.32. The van der Waals surface area contributed by atoms with Crippen molar-refractivity contribution >= 4 is 24.0 Å². The minimum absolute atomic E-state index is 0. The number of rotatable bonds is 3. The van der Waals surface area contributed by atoms with Crippen LogP contribution in [0.4, 0.5) is 5.69 Å². The van der Waals surface area contributed by atoms with E-state index in [9.17, 15) is 9.90 Å². The van der Waals surface area contributed by atoms with Crippen molar-refractivity contribution in [3.63, 3.8) is 0 Å². The summed E-state index contributed by atoms with van der Waals surface area (Å²) in [4.78, 5) is 12.2. The van der Waals surface area contributed by atoms with Crippen molar-refractivity contribution in [2.24, 2.45) is 11.7 Å². The quantitative estimate of drug-likeness (QED) is 0.751. The molecular weight excluding hydrogens is 276 g/mol. The number of carbonyl (C=O) groups is 1. The Bertz CT molecular complexity index is 465. The summed E-state index contributed by atoms with van der Waals surface area (Å²) in [6.07, 6.45) is 4.49. The molecule has 5 heteroatoms. The van der Waals surface area contributed by atoms with Crippen molar-refractivity contribution in [2.45, 2.75) is 45.1 Å². The summed E-state index contributed by atoms with van der Waals surface area (Å²) in [6.45, 7) is 2.04. The predicted octanol–water partition coefficient (Wildman–Crippen LogP) is 2.83. The first-order valence-electron chi connectivity index (χ1n) is 6.98. The first-order chi connectivity index (χ1) is 9.10. The molecule has 0 heterocycles. The average molecular weight is 299 g/mol. The number of aryl methyl sites for hydroxylation is 1.